The fraction of sp³-hybridized carbons (Fsp3) is 0.414. The van der Waals surface area contributed by atoms with E-state index < -0.39 is 0 Å². The molecule has 0 radical (unpaired) electrons. The summed E-state index contributed by atoms with van der Waals surface area (Å²) in [5.74, 6) is 1.08. The number of imidazole rings is 1. The van der Waals surface area contributed by atoms with Crippen molar-refractivity contribution in [3.05, 3.63) is 65.0 Å². The maximum atomic E-state index is 13.4. The number of anilines is 2. The molecule has 0 amide bonds. The van der Waals surface area contributed by atoms with Gasteiger partial charge in [0.15, 0.2) is 5.13 Å². The molecule has 1 N–H and O–H groups in total. The molecule has 0 bridgehead atoms. The largest absolute Gasteiger partial charge is 0.459 e. The molecule has 2 aliphatic heterocycles. The summed E-state index contributed by atoms with van der Waals surface area (Å²) in [6, 6.07) is 10.8. The van der Waals surface area contributed by atoms with Crippen LogP contribution in [0.5, 0.6) is 0 Å². The third kappa shape index (κ3) is 5.41. The van der Waals surface area contributed by atoms with Gasteiger partial charge in [0.05, 0.1) is 17.9 Å². The van der Waals surface area contributed by atoms with Crippen LogP contribution >= 0.6 is 11.3 Å². The molecule has 6 rings (SSSR count). The third-order valence-corrected chi connectivity index (χ3v) is 8.63. The smallest absolute Gasteiger partial charge is 0.320 e. The fourth-order valence-electron chi connectivity index (χ4n) is 5.64. The van der Waals surface area contributed by atoms with Crippen molar-refractivity contribution in [2.24, 2.45) is 0 Å². The summed E-state index contributed by atoms with van der Waals surface area (Å²) in [6.07, 6.45) is 5.12. The first-order valence-corrected chi connectivity index (χ1v) is 14.4. The van der Waals surface area contributed by atoms with Gasteiger partial charge in [0.1, 0.15) is 23.4 Å². The lowest BCUT2D eigenvalue weighted by molar-refractivity contribution is -0.152. The number of carbonyl (C=O) groups excluding carboxylic acids is 1. The number of piperidine rings is 1. The Labute approximate surface area is 231 Å². The predicted molar refractivity (Wildman–Crippen MR) is 151 cm³/mol. The summed E-state index contributed by atoms with van der Waals surface area (Å²) in [6.45, 7) is 5.92. The van der Waals surface area contributed by atoms with E-state index in [1.807, 2.05) is 12.4 Å². The molecule has 0 spiro atoms. The van der Waals surface area contributed by atoms with Gasteiger partial charge in [0, 0.05) is 37.3 Å². The number of carbonyl (C=O) groups is 1. The van der Waals surface area contributed by atoms with Gasteiger partial charge in [-0.3, -0.25) is 14.1 Å². The molecule has 4 aromatic rings. The highest BCUT2D eigenvalue weighted by molar-refractivity contribution is 7.14. The van der Waals surface area contributed by atoms with Gasteiger partial charge in [-0.2, -0.15) is 0 Å². The number of thiazole rings is 1. The number of benzene rings is 1. The molecule has 204 valence electrons. The number of nitrogens with one attached hydrogen (secondary N) is 1. The van der Waals surface area contributed by atoms with Gasteiger partial charge in [0.25, 0.3) is 0 Å². The summed E-state index contributed by atoms with van der Waals surface area (Å²) in [5, 5.41) is 6.01. The van der Waals surface area contributed by atoms with Crippen LogP contribution in [0.25, 0.3) is 16.9 Å². The van der Waals surface area contributed by atoms with Gasteiger partial charge in [-0.15, -0.1) is 11.3 Å². The van der Waals surface area contributed by atoms with E-state index in [4.69, 9.17) is 14.7 Å². The van der Waals surface area contributed by atoms with Crippen LogP contribution in [0.15, 0.2) is 48.0 Å². The molecule has 3 aromatic heterocycles. The summed E-state index contributed by atoms with van der Waals surface area (Å²) >= 11 is 1.57. The molecule has 1 aromatic carbocycles. The Kier molecular flexibility index (Phi) is 7.33. The van der Waals surface area contributed by atoms with E-state index in [0.29, 0.717) is 12.5 Å². The number of nitrogens with zero attached hydrogens (tertiary/aromatic N) is 5. The second kappa shape index (κ2) is 11.0. The minimum absolute atomic E-state index is 0.0647. The average molecular weight is 549 g/mol. The van der Waals surface area contributed by atoms with Crippen LogP contribution in [0.1, 0.15) is 36.9 Å². The molecule has 39 heavy (non-hydrogen) atoms. The van der Waals surface area contributed by atoms with Crippen LogP contribution in [0.3, 0.4) is 0 Å². The zero-order chi connectivity index (χ0) is 26.9. The minimum atomic E-state index is -0.252. The molecular formula is C29H33FN6O2S. The lowest BCUT2D eigenvalue weighted by atomic mass is 9.90. The minimum Gasteiger partial charge on any atom is -0.459 e. The maximum Gasteiger partial charge on any atom is 0.320 e. The molecule has 8 nitrogen and oxygen atoms in total. The Bertz CT molecular complexity index is 1460. The number of ether oxygens (including phenoxy) is 1. The summed E-state index contributed by atoms with van der Waals surface area (Å²) in [7, 11) is 2.04. The van der Waals surface area contributed by atoms with Gasteiger partial charge in [-0.05, 0) is 74.2 Å². The van der Waals surface area contributed by atoms with Crippen LogP contribution in [0.2, 0.25) is 0 Å². The van der Waals surface area contributed by atoms with Crippen LogP contribution in [-0.4, -0.2) is 71.1 Å². The number of halogens is 1. The highest BCUT2D eigenvalue weighted by Gasteiger charge is 2.27. The number of cyclic esters (lactones) is 1. The van der Waals surface area contributed by atoms with Gasteiger partial charge < -0.3 is 15.0 Å². The maximum absolute atomic E-state index is 13.4. The molecule has 2 fully saturated rings. The fourth-order valence-corrected chi connectivity index (χ4v) is 6.44. The number of hydrogen-bond donors (Lipinski definition) is 1. The first-order valence-electron chi connectivity index (χ1n) is 13.6. The van der Waals surface area contributed by atoms with Crippen molar-refractivity contribution in [1.82, 2.24) is 24.6 Å². The SMILES string of the molecule is CCc1nc2ccc(C3CCN(CC4CNCC(=O)O4)CC3)cn2c1N(C)c1nc(-c2ccc(F)cc2)cs1. The van der Waals surface area contributed by atoms with Crippen molar-refractivity contribution < 1.29 is 13.9 Å². The van der Waals surface area contributed by atoms with Crippen molar-refractivity contribution in [2.45, 2.75) is 38.2 Å². The van der Waals surface area contributed by atoms with E-state index in [-0.39, 0.29) is 17.9 Å². The molecule has 1 atom stereocenters. The summed E-state index contributed by atoms with van der Waals surface area (Å²) < 4.78 is 21.1. The van der Waals surface area contributed by atoms with Crippen LogP contribution < -0.4 is 10.2 Å². The summed E-state index contributed by atoms with van der Waals surface area (Å²) in [4.78, 5) is 25.9. The van der Waals surface area contributed by atoms with Crippen LogP contribution in [0.4, 0.5) is 15.3 Å². The number of esters is 1. The van der Waals surface area contributed by atoms with Crippen molar-refractivity contribution in [1.29, 1.82) is 0 Å². The second-order valence-corrected chi connectivity index (χ2v) is 11.2. The van der Waals surface area contributed by atoms with Crippen molar-refractivity contribution >= 4 is 33.9 Å². The van der Waals surface area contributed by atoms with E-state index in [0.717, 1.165) is 79.0 Å². The molecule has 0 aliphatic carbocycles. The predicted octanol–water partition coefficient (Wildman–Crippen LogP) is 4.62. The lowest BCUT2D eigenvalue weighted by Gasteiger charge is -2.35. The Morgan fingerprint density at radius 3 is 2.69 bits per heavy atom. The normalized spacial score (nSPS) is 18.9. The first-order chi connectivity index (χ1) is 19.0. The molecular weight excluding hydrogens is 515 g/mol. The monoisotopic (exact) mass is 548 g/mol. The van der Waals surface area contributed by atoms with Crippen molar-refractivity contribution in [2.75, 3.05) is 44.7 Å². The first kappa shape index (κ1) is 25.9. The molecule has 0 saturated carbocycles. The van der Waals surface area contributed by atoms with Crippen LogP contribution in [0, 0.1) is 5.82 Å². The van der Waals surface area contributed by atoms with Crippen molar-refractivity contribution in [3.63, 3.8) is 0 Å². The van der Waals surface area contributed by atoms with Gasteiger partial charge in [-0.25, -0.2) is 14.4 Å². The average Bonchev–Trinajstić information content (AvgIpc) is 3.59. The van der Waals surface area contributed by atoms with Gasteiger partial charge in [0.2, 0.25) is 0 Å². The molecule has 1 unspecified atom stereocenters. The number of morpholine rings is 1. The number of likely N-dealkylation sites (tertiary alicyclic amines) is 1. The summed E-state index contributed by atoms with van der Waals surface area (Å²) in [5.41, 5.74) is 5.00. The zero-order valence-corrected chi connectivity index (χ0v) is 23.1. The quantitative estimate of drug-likeness (QED) is 0.338. The van der Waals surface area contributed by atoms with Crippen molar-refractivity contribution in [3.8, 4) is 11.3 Å². The van der Waals surface area contributed by atoms with E-state index in [2.05, 4.69) is 44.8 Å². The van der Waals surface area contributed by atoms with E-state index in [1.165, 1.54) is 17.7 Å². The third-order valence-electron chi connectivity index (χ3n) is 7.72. The van der Waals surface area contributed by atoms with Gasteiger partial charge >= 0.3 is 5.97 Å². The zero-order valence-electron chi connectivity index (χ0n) is 22.3. The Balaban J connectivity index is 1.20. The van der Waals surface area contributed by atoms with E-state index >= 15 is 0 Å². The lowest BCUT2D eigenvalue weighted by Crippen LogP contribution is -2.48. The molecule has 2 aliphatic rings. The highest BCUT2D eigenvalue weighted by atomic mass is 32.1. The Morgan fingerprint density at radius 1 is 1.15 bits per heavy atom. The number of fused-ring (bicyclic) bond motifs is 1. The Hall–Kier alpha value is -3.34. The Morgan fingerprint density at radius 2 is 1.95 bits per heavy atom. The number of aryl methyl sites for hydroxylation is 1. The topological polar surface area (TPSA) is 75.0 Å². The number of rotatable bonds is 7. The van der Waals surface area contributed by atoms with Gasteiger partial charge in [-0.1, -0.05) is 13.0 Å². The van der Waals surface area contributed by atoms with E-state index in [9.17, 15) is 9.18 Å². The highest BCUT2D eigenvalue weighted by Crippen LogP contribution is 2.35. The second-order valence-electron chi connectivity index (χ2n) is 10.3. The number of pyridine rings is 1. The molecule has 10 heteroatoms. The number of hydrogen-bond acceptors (Lipinski definition) is 8. The molecule has 2 saturated heterocycles. The van der Waals surface area contributed by atoms with Crippen LogP contribution in [-0.2, 0) is 16.0 Å². The number of aromatic nitrogens is 3. The standard InChI is InChI=1S/C29H33FN6O2S/c1-3-24-28(34(2)29-33-25(18-39-29)20-4-7-22(30)8-5-20)36-16-21(6-9-26(36)32-24)19-10-12-35(13-11-19)17-23-14-31-15-27(37)38-23/h4-9,16,18-19,23,31H,3,10-15,17H2,1-2H3. The van der Waals surface area contributed by atoms with E-state index in [1.54, 1.807) is 23.5 Å². The molecule has 5 heterocycles.